The smallest absolute Gasteiger partial charge is 0.194 e. The van der Waals surface area contributed by atoms with Crippen molar-refractivity contribution in [3.05, 3.63) is 155 Å². The molecule has 0 radical (unpaired) electrons. The van der Waals surface area contributed by atoms with E-state index in [0.29, 0.717) is 88.2 Å². The molecule has 10 aromatic rings. The van der Waals surface area contributed by atoms with Gasteiger partial charge in [0.1, 0.15) is 27.5 Å². The van der Waals surface area contributed by atoms with Crippen molar-refractivity contribution in [2.45, 2.75) is 64.7 Å². The lowest BCUT2D eigenvalue weighted by Crippen LogP contribution is -2.20. The van der Waals surface area contributed by atoms with Crippen LogP contribution < -0.4 is 18.9 Å². The van der Waals surface area contributed by atoms with Crippen molar-refractivity contribution in [1.82, 2.24) is 17.5 Å². The Morgan fingerprint density at radius 2 is 0.705 bits per heavy atom. The average molecular weight is 1060 g/mol. The summed E-state index contributed by atoms with van der Waals surface area (Å²) in [4.78, 5) is 0. The molecule has 11 nitrogen and oxygen atoms in total. The fourth-order valence-electron chi connectivity index (χ4n) is 12.6. The molecule has 380 valence electrons. The summed E-state index contributed by atoms with van der Waals surface area (Å²) in [7, 11) is 0. The van der Waals surface area contributed by atoms with Gasteiger partial charge in [-0.3, -0.25) is 0 Å². The summed E-state index contributed by atoms with van der Waals surface area (Å²) < 4.78 is 46.6. The molecule has 13 rings (SSSR count). The Kier molecular flexibility index (Phi) is 11.3. The van der Waals surface area contributed by atoms with E-state index in [-0.39, 0.29) is 0 Å². The van der Waals surface area contributed by atoms with Crippen LogP contribution >= 0.6 is 23.5 Å². The summed E-state index contributed by atoms with van der Waals surface area (Å²) in [6.45, 7) is 15.8. The van der Waals surface area contributed by atoms with Crippen LogP contribution in [0.25, 0.3) is 100.0 Å². The molecule has 0 aliphatic heterocycles. The van der Waals surface area contributed by atoms with E-state index < -0.39 is 16.2 Å². The lowest BCUT2D eigenvalue weighted by molar-refractivity contribution is 0.290. The Hall–Kier alpha value is -8.93. The van der Waals surface area contributed by atoms with Crippen molar-refractivity contribution >= 4 is 45.5 Å². The largest absolute Gasteiger partial charge is 0.489 e. The number of aromatic nitrogens is 4. The van der Waals surface area contributed by atoms with Crippen LogP contribution in [-0.2, 0) is 16.2 Å². The SMILES string of the molecule is CCOc1c(OCC)c(-c2ccc3c(c2)C(C)(C#N)c2ccccc2-3)c2nsnc2c1-c1ccc2c(c1)C(C)(C)c1cc(-c3c(OCC)c(OCC)c(-c4ccc5c(c4)C(C#N)(C#N)c4ccccc4-5)c4nsnc34)ccc1-2. The van der Waals surface area contributed by atoms with Gasteiger partial charge in [0.15, 0.2) is 28.4 Å². The van der Waals surface area contributed by atoms with E-state index in [1.807, 2.05) is 95.3 Å². The van der Waals surface area contributed by atoms with Crippen molar-refractivity contribution in [3.63, 3.8) is 0 Å². The summed E-state index contributed by atoms with van der Waals surface area (Å²) >= 11 is 2.28. The van der Waals surface area contributed by atoms with Gasteiger partial charge in [0, 0.05) is 5.41 Å². The Bertz CT molecular complexity index is 4330. The van der Waals surface area contributed by atoms with Crippen molar-refractivity contribution in [2.75, 3.05) is 26.4 Å². The van der Waals surface area contributed by atoms with Gasteiger partial charge in [0.25, 0.3) is 0 Å². The molecule has 8 aromatic carbocycles. The van der Waals surface area contributed by atoms with Crippen LogP contribution in [-0.4, -0.2) is 43.9 Å². The monoisotopic (exact) mass is 1060 g/mol. The van der Waals surface area contributed by atoms with Gasteiger partial charge in [-0.25, -0.2) is 0 Å². The lowest BCUT2D eigenvalue weighted by Gasteiger charge is -2.24. The molecule has 0 amide bonds. The maximum atomic E-state index is 10.7. The summed E-state index contributed by atoms with van der Waals surface area (Å²) in [5, 5.41) is 32.1. The number of rotatable bonds is 12. The third-order valence-corrected chi connectivity index (χ3v) is 17.2. The lowest BCUT2D eigenvalue weighted by atomic mass is 9.80. The van der Waals surface area contributed by atoms with E-state index in [1.165, 1.54) is 0 Å². The molecule has 78 heavy (non-hydrogen) atoms. The molecule has 0 spiro atoms. The van der Waals surface area contributed by atoms with Crippen LogP contribution in [0.4, 0.5) is 0 Å². The van der Waals surface area contributed by atoms with Crippen LogP contribution in [0.5, 0.6) is 23.0 Å². The predicted octanol–water partition coefficient (Wildman–Crippen LogP) is 15.4. The normalized spacial score (nSPS) is 15.5. The quantitative estimate of drug-likeness (QED) is 0.115. The topological polar surface area (TPSA) is 160 Å². The highest BCUT2D eigenvalue weighted by atomic mass is 32.1. The zero-order valence-electron chi connectivity index (χ0n) is 44.0. The van der Waals surface area contributed by atoms with Gasteiger partial charge in [-0.15, -0.1) is 0 Å². The Labute approximate surface area is 460 Å². The molecular formula is C65H49N7O4S2. The Morgan fingerprint density at radius 1 is 0.385 bits per heavy atom. The number of nitrogens with zero attached hydrogens (tertiary/aromatic N) is 7. The average Bonchev–Trinajstić information content (AvgIpc) is 4.45. The maximum absolute atomic E-state index is 10.7. The zero-order chi connectivity index (χ0) is 53.8. The first kappa shape index (κ1) is 48.7. The minimum atomic E-state index is -1.49. The van der Waals surface area contributed by atoms with E-state index in [9.17, 15) is 15.8 Å². The summed E-state index contributed by atoms with van der Waals surface area (Å²) in [6, 6.07) is 48.6. The van der Waals surface area contributed by atoms with E-state index in [0.717, 1.165) is 118 Å². The first-order valence-corrected chi connectivity index (χ1v) is 27.7. The number of nitriles is 3. The van der Waals surface area contributed by atoms with Gasteiger partial charge in [-0.2, -0.15) is 33.3 Å². The van der Waals surface area contributed by atoms with Gasteiger partial charge < -0.3 is 18.9 Å². The van der Waals surface area contributed by atoms with Crippen molar-refractivity contribution in [1.29, 1.82) is 15.8 Å². The fraction of sp³-hybridized carbons (Fsp3) is 0.215. The van der Waals surface area contributed by atoms with Crippen molar-refractivity contribution < 1.29 is 18.9 Å². The number of hydrogen-bond donors (Lipinski definition) is 0. The van der Waals surface area contributed by atoms with E-state index in [2.05, 4.69) is 92.7 Å². The Balaban J connectivity index is 0.938. The van der Waals surface area contributed by atoms with Crippen LogP contribution in [0.3, 0.4) is 0 Å². The maximum Gasteiger partial charge on any atom is 0.194 e. The fourth-order valence-corrected chi connectivity index (χ4v) is 13.8. The van der Waals surface area contributed by atoms with Crippen molar-refractivity contribution in [3.8, 4) is 119 Å². The minimum Gasteiger partial charge on any atom is -0.489 e. The van der Waals surface area contributed by atoms with E-state index in [4.69, 9.17) is 36.4 Å². The van der Waals surface area contributed by atoms with Gasteiger partial charge in [0.2, 0.25) is 0 Å². The van der Waals surface area contributed by atoms with Gasteiger partial charge in [-0.1, -0.05) is 111 Å². The first-order chi connectivity index (χ1) is 38.0. The zero-order valence-corrected chi connectivity index (χ0v) is 45.6. The van der Waals surface area contributed by atoms with Crippen LogP contribution in [0, 0.1) is 34.0 Å². The second-order valence-corrected chi connectivity index (χ2v) is 21.5. The molecule has 0 saturated heterocycles. The second-order valence-electron chi connectivity index (χ2n) is 20.4. The molecular weight excluding hydrogens is 1010 g/mol. The molecule has 1 unspecified atom stereocenters. The minimum absolute atomic E-state index is 0.343. The highest BCUT2D eigenvalue weighted by Gasteiger charge is 2.46. The number of ether oxygens (including phenoxy) is 4. The van der Waals surface area contributed by atoms with Gasteiger partial charge >= 0.3 is 0 Å². The van der Waals surface area contributed by atoms with Crippen LogP contribution in [0.15, 0.2) is 121 Å². The predicted molar refractivity (Wildman–Crippen MR) is 307 cm³/mol. The standard InChI is InChI=1S/C65H49N7O4S2/c1-8-73-59-51(55-57(71-77-69-55)53(61(59)75-10-3)37-22-26-43-39-16-12-14-18-45(39)64(7,32-66)49(43)30-37)35-20-24-41-42-25-21-36(29-48(42)63(5,6)47(41)28-35)52-56-58(72-78-70-56)54(62(76-11-4)60(52)74-9-2)38-23-27-44-40-17-13-15-19-46(40)65(33-67,34-68)50(44)31-38/h12-31H,8-11H2,1-7H3. The number of benzene rings is 8. The molecule has 0 N–H and O–H groups in total. The number of hydrogen-bond acceptors (Lipinski definition) is 13. The molecule has 13 heteroatoms. The molecule has 3 aliphatic rings. The summed E-state index contributed by atoms with van der Waals surface area (Å²) in [5.74, 6) is 2.24. The molecule has 0 fully saturated rings. The van der Waals surface area contributed by atoms with Crippen LogP contribution in [0.2, 0.25) is 0 Å². The molecule has 0 saturated carbocycles. The highest BCUT2D eigenvalue weighted by Crippen LogP contribution is 2.59. The Morgan fingerprint density at radius 3 is 1.09 bits per heavy atom. The molecule has 3 aliphatic carbocycles. The third-order valence-electron chi connectivity index (χ3n) is 16.1. The molecule has 1 atom stereocenters. The summed E-state index contributed by atoms with van der Waals surface area (Å²) in [6.07, 6.45) is 0. The van der Waals surface area contributed by atoms with E-state index >= 15 is 0 Å². The van der Waals surface area contributed by atoms with Gasteiger partial charge in [0.05, 0.1) is 90.3 Å². The molecule has 2 heterocycles. The molecule has 0 bridgehead atoms. The van der Waals surface area contributed by atoms with Crippen LogP contribution in [0.1, 0.15) is 81.8 Å². The molecule has 2 aromatic heterocycles. The van der Waals surface area contributed by atoms with Crippen molar-refractivity contribution in [2.24, 2.45) is 0 Å². The summed E-state index contributed by atoms with van der Waals surface area (Å²) in [5.41, 5.74) is 18.0. The highest BCUT2D eigenvalue weighted by molar-refractivity contribution is 7.00. The first-order valence-electron chi connectivity index (χ1n) is 26.2. The third kappa shape index (κ3) is 6.63. The second kappa shape index (κ2) is 18.1. The number of fused-ring (bicyclic) bond motifs is 11. The van der Waals surface area contributed by atoms with E-state index in [1.54, 1.807) is 0 Å². The van der Waals surface area contributed by atoms with Gasteiger partial charge in [-0.05, 0) is 148 Å².